The first kappa shape index (κ1) is 16.3. The van der Waals surface area contributed by atoms with Gasteiger partial charge in [0.2, 0.25) is 5.89 Å². The van der Waals surface area contributed by atoms with Crippen molar-refractivity contribution in [2.24, 2.45) is 0 Å². The number of hydrogen-bond donors (Lipinski definition) is 1. The second-order valence-electron chi connectivity index (χ2n) is 5.21. The lowest BCUT2D eigenvalue weighted by molar-refractivity contribution is 0.0956. The summed E-state index contributed by atoms with van der Waals surface area (Å²) in [5.74, 6) is 1.95. The maximum atomic E-state index is 11.7. The first-order valence-electron chi connectivity index (χ1n) is 7.67. The van der Waals surface area contributed by atoms with E-state index < -0.39 is 0 Å². The summed E-state index contributed by atoms with van der Waals surface area (Å²) in [6.07, 6.45) is 0. The Morgan fingerprint density at radius 3 is 2.75 bits per heavy atom. The average Bonchev–Trinajstić information content (AvgIpc) is 3.23. The molecule has 3 rings (SSSR count). The molecule has 6 heteroatoms. The predicted octanol–water partition coefficient (Wildman–Crippen LogP) is 4.04. The van der Waals surface area contributed by atoms with E-state index in [2.05, 4.69) is 10.3 Å². The minimum Gasteiger partial charge on any atom is -0.487 e. The van der Waals surface area contributed by atoms with Crippen LogP contribution in [0.2, 0.25) is 0 Å². The number of hydrogen-bond acceptors (Lipinski definition) is 5. The van der Waals surface area contributed by atoms with Crippen LogP contribution in [0.15, 0.2) is 45.5 Å². The van der Waals surface area contributed by atoms with E-state index in [1.54, 1.807) is 35.6 Å². The van der Waals surface area contributed by atoms with Crippen LogP contribution in [0.3, 0.4) is 0 Å². The number of nitrogens with zero attached hydrogens (tertiary/aromatic N) is 1. The van der Waals surface area contributed by atoms with Crippen LogP contribution in [-0.2, 0) is 6.61 Å². The van der Waals surface area contributed by atoms with Crippen LogP contribution in [0.1, 0.15) is 28.7 Å². The second kappa shape index (κ2) is 7.31. The molecular formula is C18H18N2O3S. The van der Waals surface area contributed by atoms with E-state index in [9.17, 15) is 4.79 Å². The minimum atomic E-state index is -0.0863. The molecule has 0 aliphatic carbocycles. The van der Waals surface area contributed by atoms with Gasteiger partial charge in [-0.15, -0.1) is 0 Å². The number of ether oxygens (including phenoxy) is 1. The van der Waals surface area contributed by atoms with Crippen LogP contribution in [0, 0.1) is 6.92 Å². The Hall–Kier alpha value is -2.60. The molecule has 0 spiro atoms. The first-order chi connectivity index (χ1) is 11.7. The number of amides is 1. The van der Waals surface area contributed by atoms with Crippen LogP contribution >= 0.6 is 11.3 Å². The van der Waals surface area contributed by atoms with E-state index >= 15 is 0 Å². The van der Waals surface area contributed by atoms with E-state index in [1.165, 1.54) is 0 Å². The summed E-state index contributed by atoms with van der Waals surface area (Å²) in [7, 11) is 0. The Bertz CT molecular complexity index is 807. The predicted molar refractivity (Wildman–Crippen MR) is 93.3 cm³/mol. The molecule has 24 heavy (non-hydrogen) atoms. The molecule has 0 unspecified atom stereocenters. The highest BCUT2D eigenvalue weighted by Crippen LogP contribution is 2.24. The summed E-state index contributed by atoms with van der Waals surface area (Å²) in [5, 5.41) is 6.74. The highest BCUT2D eigenvalue weighted by atomic mass is 32.1. The zero-order chi connectivity index (χ0) is 16.9. The third-order valence-electron chi connectivity index (χ3n) is 3.49. The van der Waals surface area contributed by atoms with Crippen LogP contribution < -0.4 is 10.1 Å². The molecule has 5 nitrogen and oxygen atoms in total. The van der Waals surface area contributed by atoms with Crippen molar-refractivity contribution in [2.45, 2.75) is 20.5 Å². The fraction of sp³-hybridized carbons (Fsp3) is 0.222. The molecule has 0 saturated heterocycles. The fourth-order valence-corrected chi connectivity index (χ4v) is 2.82. The molecule has 2 heterocycles. The molecule has 0 saturated carbocycles. The largest absolute Gasteiger partial charge is 0.487 e. The first-order valence-corrected chi connectivity index (χ1v) is 8.61. The molecule has 0 bridgehead atoms. The van der Waals surface area contributed by atoms with Crippen LogP contribution in [-0.4, -0.2) is 17.4 Å². The highest BCUT2D eigenvalue weighted by Gasteiger charge is 2.12. The van der Waals surface area contributed by atoms with Gasteiger partial charge < -0.3 is 14.5 Å². The van der Waals surface area contributed by atoms with E-state index in [4.69, 9.17) is 9.15 Å². The molecule has 3 aromatic rings. The van der Waals surface area contributed by atoms with Crippen molar-refractivity contribution < 1.29 is 13.9 Å². The van der Waals surface area contributed by atoms with Crippen molar-refractivity contribution in [3.63, 3.8) is 0 Å². The highest BCUT2D eigenvalue weighted by molar-refractivity contribution is 7.08. The number of oxazole rings is 1. The number of rotatable bonds is 6. The van der Waals surface area contributed by atoms with Gasteiger partial charge in [-0.25, -0.2) is 4.98 Å². The van der Waals surface area contributed by atoms with Crippen molar-refractivity contribution in [1.29, 1.82) is 0 Å². The lowest BCUT2D eigenvalue weighted by Gasteiger charge is -2.06. The maximum Gasteiger partial charge on any atom is 0.251 e. The van der Waals surface area contributed by atoms with E-state index in [0.717, 1.165) is 17.0 Å². The van der Waals surface area contributed by atoms with Crippen LogP contribution in [0.4, 0.5) is 0 Å². The number of nitrogens with one attached hydrogen (secondary N) is 1. The van der Waals surface area contributed by atoms with Crippen molar-refractivity contribution in [1.82, 2.24) is 10.3 Å². The summed E-state index contributed by atoms with van der Waals surface area (Å²) >= 11 is 1.60. The van der Waals surface area contributed by atoms with Gasteiger partial charge in [-0.3, -0.25) is 4.79 Å². The summed E-state index contributed by atoms with van der Waals surface area (Å²) in [6.45, 7) is 4.69. The molecule has 0 atom stereocenters. The van der Waals surface area contributed by atoms with E-state index in [0.29, 0.717) is 30.4 Å². The lowest BCUT2D eigenvalue weighted by atomic mass is 10.2. The molecule has 0 aliphatic heterocycles. The summed E-state index contributed by atoms with van der Waals surface area (Å²) in [5.41, 5.74) is 2.35. The molecule has 124 valence electrons. The molecule has 0 radical (unpaired) electrons. The smallest absolute Gasteiger partial charge is 0.251 e. The summed E-state index contributed by atoms with van der Waals surface area (Å²) in [6, 6.07) is 9.01. The van der Waals surface area contributed by atoms with Gasteiger partial charge in [0, 0.05) is 23.1 Å². The van der Waals surface area contributed by atoms with Crippen LogP contribution in [0.25, 0.3) is 11.5 Å². The van der Waals surface area contributed by atoms with Crippen molar-refractivity contribution in [3.8, 4) is 17.2 Å². The van der Waals surface area contributed by atoms with Crippen molar-refractivity contribution >= 4 is 17.2 Å². The zero-order valence-electron chi connectivity index (χ0n) is 13.5. The van der Waals surface area contributed by atoms with Gasteiger partial charge in [-0.1, -0.05) is 0 Å². The quantitative estimate of drug-likeness (QED) is 0.734. The Labute approximate surface area is 144 Å². The monoisotopic (exact) mass is 342 g/mol. The Morgan fingerprint density at radius 2 is 2.08 bits per heavy atom. The molecule has 0 fully saturated rings. The van der Waals surface area contributed by atoms with Gasteiger partial charge in [-0.2, -0.15) is 11.3 Å². The molecular weight excluding hydrogens is 324 g/mol. The molecule has 2 aromatic heterocycles. The summed E-state index contributed by atoms with van der Waals surface area (Å²) < 4.78 is 11.4. The Morgan fingerprint density at radius 1 is 1.29 bits per heavy atom. The van der Waals surface area contributed by atoms with E-state index in [-0.39, 0.29) is 5.91 Å². The van der Waals surface area contributed by atoms with Gasteiger partial charge in [0.25, 0.3) is 5.91 Å². The topological polar surface area (TPSA) is 64.4 Å². The number of carbonyl (C=O) groups excluding carboxylic acids is 1. The Balaban J connectivity index is 1.65. The van der Waals surface area contributed by atoms with Crippen LogP contribution in [0.5, 0.6) is 5.75 Å². The van der Waals surface area contributed by atoms with Crippen molar-refractivity contribution in [3.05, 3.63) is 58.1 Å². The van der Waals surface area contributed by atoms with E-state index in [1.807, 2.05) is 30.7 Å². The average molecular weight is 342 g/mol. The SMILES string of the molecule is CCNC(=O)c1ccc(OCc2nc(-c3ccsc3)oc2C)cc1. The number of benzene rings is 1. The number of aryl methyl sites for hydroxylation is 1. The fourth-order valence-electron chi connectivity index (χ4n) is 2.19. The second-order valence-corrected chi connectivity index (χ2v) is 5.99. The molecule has 1 amide bonds. The molecule has 0 aliphatic rings. The molecule has 1 N–H and O–H groups in total. The van der Waals surface area contributed by atoms with Gasteiger partial charge in [0.15, 0.2) is 0 Å². The van der Waals surface area contributed by atoms with Gasteiger partial charge in [0.05, 0.1) is 0 Å². The standard InChI is InChI=1S/C18H18N2O3S/c1-3-19-17(21)13-4-6-15(7-5-13)22-10-16-12(2)23-18(20-16)14-8-9-24-11-14/h4-9,11H,3,10H2,1-2H3,(H,19,21). The van der Waals surface area contributed by atoms with Gasteiger partial charge >= 0.3 is 0 Å². The molecule has 1 aromatic carbocycles. The minimum absolute atomic E-state index is 0.0863. The normalized spacial score (nSPS) is 10.6. The lowest BCUT2D eigenvalue weighted by Crippen LogP contribution is -2.22. The Kier molecular flexibility index (Phi) is 4.96. The zero-order valence-corrected chi connectivity index (χ0v) is 14.4. The third-order valence-corrected chi connectivity index (χ3v) is 4.17. The van der Waals surface area contributed by atoms with Crippen molar-refractivity contribution in [2.75, 3.05) is 6.54 Å². The number of aromatic nitrogens is 1. The summed E-state index contributed by atoms with van der Waals surface area (Å²) in [4.78, 5) is 16.2. The van der Waals surface area contributed by atoms with Gasteiger partial charge in [-0.05, 0) is 49.6 Å². The number of thiophene rings is 1. The number of carbonyl (C=O) groups is 1. The van der Waals surface area contributed by atoms with Gasteiger partial charge in [0.1, 0.15) is 23.8 Å². The third kappa shape index (κ3) is 3.65. The maximum absolute atomic E-state index is 11.7.